The molecule has 0 spiro atoms. The molecule has 0 unspecified atom stereocenters. The van der Waals surface area contributed by atoms with Crippen LogP contribution >= 0.6 is 0 Å². The summed E-state index contributed by atoms with van der Waals surface area (Å²) in [7, 11) is -6.32. The van der Waals surface area contributed by atoms with E-state index in [-0.39, 0.29) is 37.4 Å². The Morgan fingerprint density at radius 2 is 1.64 bits per heavy atom. The topological polar surface area (TPSA) is 133 Å². The van der Waals surface area contributed by atoms with Crippen molar-refractivity contribution in [3.63, 3.8) is 0 Å². The van der Waals surface area contributed by atoms with Gasteiger partial charge in [0.15, 0.2) is 0 Å². The van der Waals surface area contributed by atoms with E-state index in [4.69, 9.17) is 4.74 Å². The van der Waals surface area contributed by atoms with Crippen molar-refractivity contribution in [3.8, 4) is 5.75 Å². The number of hydroxylamine groups is 1. The van der Waals surface area contributed by atoms with E-state index in [0.717, 1.165) is 10.6 Å². The van der Waals surface area contributed by atoms with Crippen molar-refractivity contribution in [2.75, 3.05) is 26.5 Å². The number of methoxy groups -OCH3 is 1. The minimum atomic E-state index is -4.25. The Kier molecular flexibility index (Phi) is 7.44. The largest absolute Gasteiger partial charge is 0.497 e. The fraction of sp³-hybridized carbons (Fsp3) is 0.381. The second-order valence-electron chi connectivity index (χ2n) is 7.81. The first-order valence-corrected chi connectivity index (χ1v) is 13.4. The van der Waals surface area contributed by atoms with Gasteiger partial charge in [0.2, 0.25) is 20.0 Å². The first-order chi connectivity index (χ1) is 15.5. The molecule has 33 heavy (non-hydrogen) atoms. The number of hydrogen-bond donors (Lipinski definition) is 2. The second-order valence-corrected chi connectivity index (χ2v) is 11.7. The number of benzene rings is 2. The van der Waals surface area contributed by atoms with Crippen LogP contribution in [0.25, 0.3) is 0 Å². The number of hydrogen-bond acceptors (Lipinski definition) is 7. The van der Waals surface area contributed by atoms with E-state index in [1.54, 1.807) is 35.8 Å². The lowest BCUT2D eigenvalue weighted by atomic mass is 9.87. The van der Waals surface area contributed by atoms with Gasteiger partial charge < -0.3 is 4.74 Å². The highest BCUT2D eigenvalue weighted by Crippen LogP contribution is 2.36. The molecule has 0 atom stereocenters. The average Bonchev–Trinajstić information content (AvgIpc) is 2.82. The Labute approximate surface area is 193 Å². The maximum atomic E-state index is 13.8. The van der Waals surface area contributed by atoms with Crippen LogP contribution in [0.2, 0.25) is 0 Å². The number of rotatable bonds is 8. The normalized spacial score (nSPS) is 17.0. The van der Waals surface area contributed by atoms with Crippen LogP contribution in [0.4, 0.5) is 0 Å². The lowest BCUT2D eigenvalue weighted by molar-refractivity contribution is -0.142. The lowest BCUT2D eigenvalue weighted by Crippen LogP contribution is -2.64. The first kappa shape index (κ1) is 25.1. The molecule has 0 saturated carbocycles. The highest BCUT2D eigenvalue weighted by molar-refractivity contribution is 7.89. The number of ether oxygens (including phenoxy) is 1. The number of amides is 1. The molecule has 2 N–H and O–H groups in total. The van der Waals surface area contributed by atoms with Gasteiger partial charge in [-0.15, -0.1) is 0 Å². The molecule has 0 aliphatic carbocycles. The summed E-state index contributed by atoms with van der Waals surface area (Å²) < 4.78 is 59.0. The highest BCUT2D eigenvalue weighted by Gasteiger charge is 2.52. The fourth-order valence-corrected chi connectivity index (χ4v) is 6.60. The van der Waals surface area contributed by atoms with Crippen molar-refractivity contribution in [3.05, 3.63) is 60.2 Å². The van der Waals surface area contributed by atoms with Crippen LogP contribution < -0.4 is 10.2 Å². The summed E-state index contributed by atoms with van der Waals surface area (Å²) in [6, 6.07) is 14.5. The van der Waals surface area contributed by atoms with E-state index in [9.17, 15) is 26.8 Å². The summed E-state index contributed by atoms with van der Waals surface area (Å²) in [6.45, 7) is -0.299. The average molecular weight is 498 g/mol. The van der Waals surface area contributed by atoms with Gasteiger partial charge in [0, 0.05) is 19.6 Å². The molecule has 1 aliphatic rings. The van der Waals surface area contributed by atoms with Crippen LogP contribution in [-0.2, 0) is 31.4 Å². The summed E-state index contributed by atoms with van der Waals surface area (Å²) in [5, 5.41) is 9.53. The van der Waals surface area contributed by atoms with E-state index in [1.165, 1.54) is 35.7 Å². The number of carbonyl (C=O) groups is 1. The van der Waals surface area contributed by atoms with Gasteiger partial charge >= 0.3 is 0 Å². The van der Waals surface area contributed by atoms with Gasteiger partial charge in [-0.1, -0.05) is 30.3 Å². The van der Waals surface area contributed by atoms with Gasteiger partial charge in [-0.2, -0.15) is 4.31 Å². The molecule has 0 bridgehead atoms. The van der Waals surface area contributed by atoms with Gasteiger partial charge in [0.1, 0.15) is 11.3 Å². The number of piperidine rings is 1. The van der Waals surface area contributed by atoms with Crippen molar-refractivity contribution in [1.29, 1.82) is 0 Å². The van der Waals surface area contributed by atoms with Gasteiger partial charge in [-0.25, -0.2) is 26.6 Å². The van der Waals surface area contributed by atoms with Crippen LogP contribution in [0.3, 0.4) is 0 Å². The Morgan fingerprint density at radius 3 is 2.12 bits per heavy atom. The molecule has 1 aliphatic heterocycles. The third-order valence-corrected chi connectivity index (χ3v) is 9.07. The Balaban J connectivity index is 2.12. The van der Waals surface area contributed by atoms with Crippen LogP contribution in [0.1, 0.15) is 18.4 Å². The van der Waals surface area contributed by atoms with E-state index in [0.29, 0.717) is 11.3 Å². The zero-order chi connectivity index (χ0) is 24.3. The minimum Gasteiger partial charge on any atom is -0.497 e. The third-order valence-electron chi connectivity index (χ3n) is 5.84. The third kappa shape index (κ3) is 5.20. The molecule has 0 radical (unpaired) electrons. The SMILES string of the molecule is COc1ccc(S(=O)(=O)N(Cc2ccccc2)C2(C(=O)NO)CCN(S(C)(=O)=O)CC2)cc1. The molecule has 1 fully saturated rings. The molecule has 2 aromatic carbocycles. The summed E-state index contributed by atoms with van der Waals surface area (Å²) in [5.74, 6) is -0.448. The Bertz CT molecular complexity index is 1180. The van der Waals surface area contributed by atoms with Crippen LogP contribution in [-0.4, -0.2) is 68.6 Å². The molecular weight excluding hydrogens is 470 g/mol. The van der Waals surface area contributed by atoms with Crippen LogP contribution in [0.5, 0.6) is 5.75 Å². The van der Waals surface area contributed by atoms with Crippen molar-refractivity contribution in [2.45, 2.75) is 29.8 Å². The summed E-state index contributed by atoms with van der Waals surface area (Å²) in [5.41, 5.74) is 0.530. The van der Waals surface area contributed by atoms with Gasteiger partial charge in [0.05, 0.1) is 18.3 Å². The smallest absolute Gasteiger partial charge is 0.265 e. The Morgan fingerprint density at radius 1 is 1.06 bits per heavy atom. The molecule has 180 valence electrons. The molecule has 0 aromatic heterocycles. The molecule has 1 saturated heterocycles. The van der Waals surface area contributed by atoms with Crippen molar-refractivity contribution < 1.29 is 31.6 Å². The van der Waals surface area contributed by atoms with E-state index >= 15 is 0 Å². The predicted molar refractivity (Wildman–Crippen MR) is 120 cm³/mol. The van der Waals surface area contributed by atoms with Gasteiger partial charge in [-0.3, -0.25) is 10.0 Å². The minimum absolute atomic E-state index is 0.0603. The summed E-state index contributed by atoms with van der Waals surface area (Å²) in [4.78, 5) is 12.9. The summed E-state index contributed by atoms with van der Waals surface area (Å²) >= 11 is 0. The summed E-state index contributed by atoms with van der Waals surface area (Å²) in [6.07, 6.45) is 0.797. The standard InChI is InChI=1S/C21H27N3O7S2/c1-31-18-8-10-19(11-9-18)33(29,30)24(16-17-6-4-3-5-7-17)21(20(25)22-26)12-14-23(15-13-21)32(2,27)28/h3-11,26H,12-16H2,1-2H3,(H,22,25). The van der Waals surface area contributed by atoms with Gasteiger partial charge in [0.25, 0.3) is 5.91 Å². The van der Waals surface area contributed by atoms with Crippen molar-refractivity contribution in [2.24, 2.45) is 0 Å². The first-order valence-electron chi connectivity index (χ1n) is 10.1. The highest BCUT2D eigenvalue weighted by atomic mass is 32.2. The van der Waals surface area contributed by atoms with E-state index in [1.807, 2.05) is 0 Å². The molecule has 12 heteroatoms. The quantitative estimate of drug-likeness (QED) is 0.413. The zero-order valence-corrected chi connectivity index (χ0v) is 20.0. The van der Waals surface area contributed by atoms with E-state index < -0.39 is 31.5 Å². The second kappa shape index (κ2) is 9.77. The predicted octanol–water partition coefficient (Wildman–Crippen LogP) is 1.19. The Hall–Kier alpha value is -2.51. The molecular formula is C21H27N3O7S2. The van der Waals surface area contributed by atoms with Crippen LogP contribution in [0.15, 0.2) is 59.5 Å². The molecule has 10 nitrogen and oxygen atoms in total. The van der Waals surface area contributed by atoms with Crippen molar-refractivity contribution >= 4 is 26.0 Å². The molecule has 2 aromatic rings. The zero-order valence-electron chi connectivity index (χ0n) is 18.3. The van der Waals surface area contributed by atoms with Gasteiger partial charge in [-0.05, 0) is 42.7 Å². The van der Waals surface area contributed by atoms with E-state index in [2.05, 4.69) is 0 Å². The maximum absolute atomic E-state index is 13.8. The number of nitrogens with zero attached hydrogens (tertiary/aromatic N) is 2. The monoisotopic (exact) mass is 497 g/mol. The van der Waals surface area contributed by atoms with Crippen molar-refractivity contribution in [1.82, 2.24) is 14.1 Å². The lowest BCUT2D eigenvalue weighted by Gasteiger charge is -2.45. The fourth-order valence-electron chi connectivity index (χ4n) is 3.97. The maximum Gasteiger partial charge on any atom is 0.265 e. The number of sulfonamides is 2. The molecule has 1 amide bonds. The number of carbonyl (C=O) groups excluding carboxylic acids is 1. The number of nitrogens with one attached hydrogen (secondary N) is 1. The van der Waals surface area contributed by atoms with Crippen LogP contribution in [0, 0.1) is 0 Å². The molecule has 3 rings (SSSR count). The molecule has 1 heterocycles.